The molecule has 1 aliphatic rings. The number of rotatable bonds is 4. The van der Waals surface area contributed by atoms with Gasteiger partial charge in [0.1, 0.15) is 4.90 Å². The Labute approximate surface area is 188 Å². The van der Waals surface area contributed by atoms with Crippen molar-refractivity contribution in [2.45, 2.75) is 11.8 Å². The predicted octanol–water partition coefficient (Wildman–Crippen LogP) is 4.88. The number of carbonyl (C=O) groups excluding carboxylic acids is 1. The number of sulfonamides is 1. The number of anilines is 1. The monoisotopic (exact) mass is 496 g/mol. The Balaban J connectivity index is 1.96. The lowest BCUT2D eigenvalue weighted by Gasteiger charge is -2.26. The fraction of sp³-hybridized carbons (Fsp3) is 0.278. The van der Waals surface area contributed by atoms with Gasteiger partial charge >= 0.3 is 0 Å². The molecule has 1 saturated heterocycles. The Kier molecular flexibility index (Phi) is 7.00. The van der Waals surface area contributed by atoms with E-state index in [0.29, 0.717) is 16.3 Å². The van der Waals surface area contributed by atoms with Gasteiger partial charge in [-0.05, 0) is 36.8 Å². The molecule has 1 heterocycles. The summed E-state index contributed by atoms with van der Waals surface area (Å²) in [6, 6.07) is 5.55. The van der Waals surface area contributed by atoms with Gasteiger partial charge in [-0.1, -0.05) is 46.4 Å². The summed E-state index contributed by atoms with van der Waals surface area (Å²) in [4.78, 5) is 12.6. The van der Waals surface area contributed by atoms with Crippen LogP contribution in [0.5, 0.6) is 0 Å². The Morgan fingerprint density at radius 3 is 2.28 bits per heavy atom. The molecule has 6 nitrogen and oxygen atoms in total. The van der Waals surface area contributed by atoms with Crippen LogP contribution in [-0.4, -0.2) is 44.9 Å². The summed E-state index contributed by atoms with van der Waals surface area (Å²) in [5, 5.41) is 3.26. The molecule has 1 fully saturated rings. The van der Waals surface area contributed by atoms with E-state index in [1.165, 1.54) is 22.5 Å². The van der Waals surface area contributed by atoms with Crippen LogP contribution in [0.4, 0.5) is 5.69 Å². The zero-order valence-corrected chi connectivity index (χ0v) is 19.0. The molecule has 1 N–H and O–H groups in total. The number of nitrogens with one attached hydrogen (secondary N) is 1. The van der Waals surface area contributed by atoms with Gasteiger partial charge in [-0.15, -0.1) is 0 Å². The summed E-state index contributed by atoms with van der Waals surface area (Å²) in [5.74, 6) is -0.608. The van der Waals surface area contributed by atoms with Gasteiger partial charge in [0.25, 0.3) is 5.91 Å². The molecule has 0 spiro atoms. The molecule has 2 aromatic carbocycles. The Bertz CT molecular complexity index is 1050. The van der Waals surface area contributed by atoms with E-state index >= 15 is 0 Å². The van der Waals surface area contributed by atoms with E-state index in [1.807, 2.05) is 0 Å². The molecule has 11 heteroatoms. The van der Waals surface area contributed by atoms with E-state index < -0.39 is 15.9 Å². The summed E-state index contributed by atoms with van der Waals surface area (Å²) in [7, 11) is -3.91. The SMILES string of the molecule is Cc1cc(NC(=O)c2cc(S(=O)(=O)N3CCOCC3)c(Cl)cc2Cl)cc(Cl)c1Cl. The molecule has 0 bridgehead atoms. The van der Waals surface area contributed by atoms with Crippen LogP contribution in [-0.2, 0) is 14.8 Å². The topological polar surface area (TPSA) is 75.7 Å². The standard InChI is InChI=1S/C18H16Cl4N2O4S/c1-10-6-11(7-15(21)17(10)22)23-18(25)12-8-16(14(20)9-13(12)19)29(26,27)24-2-4-28-5-3-24/h6-9H,2-5H2,1H3,(H,23,25). The van der Waals surface area contributed by atoms with Crippen molar-refractivity contribution in [2.75, 3.05) is 31.6 Å². The average Bonchev–Trinajstić information content (AvgIpc) is 2.66. The summed E-state index contributed by atoms with van der Waals surface area (Å²) < 4.78 is 32.4. The van der Waals surface area contributed by atoms with Crippen molar-refractivity contribution < 1.29 is 17.9 Å². The predicted molar refractivity (Wildman–Crippen MR) is 115 cm³/mol. The number of morpholine rings is 1. The number of aryl methyl sites for hydroxylation is 1. The maximum Gasteiger partial charge on any atom is 0.257 e. The van der Waals surface area contributed by atoms with Crippen LogP contribution >= 0.6 is 46.4 Å². The molecule has 3 rings (SSSR count). The summed E-state index contributed by atoms with van der Waals surface area (Å²) in [5.41, 5.74) is 1.03. The van der Waals surface area contributed by atoms with Gasteiger partial charge in [-0.3, -0.25) is 4.79 Å². The maximum atomic E-state index is 13.0. The van der Waals surface area contributed by atoms with E-state index in [2.05, 4.69) is 5.32 Å². The number of benzene rings is 2. The first-order valence-corrected chi connectivity index (χ1v) is 11.4. The van der Waals surface area contributed by atoms with E-state index in [9.17, 15) is 13.2 Å². The van der Waals surface area contributed by atoms with Crippen molar-refractivity contribution in [1.82, 2.24) is 4.31 Å². The van der Waals surface area contributed by atoms with Crippen LogP contribution in [0.15, 0.2) is 29.2 Å². The van der Waals surface area contributed by atoms with Gasteiger partial charge in [0, 0.05) is 18.8 Å². The fourth-order valence-electron chi connectivity index (χ4n) is 2.82. The van der Waals surface area contributed by atoms with E-state index in [0.717, 1.165) is 0 Å². The Morgan fingerprint density at radius 2 is 1.66 bits per heavy atom. The van der Waals surface area contributed by atoms with Gasteiger partial charge in [-0.25, -0.2) is 8.42 Å². The normalized spacial score (nSPS) is 15.3. The number of amides is 1. The molecule has 156 valence electrons. The number of carbonyl (C=O) groups is 1. The van der Waals surface area contributed by atoms with Crippen molar-refractivity contribution in [3.05, 3.63) is 55.5 Å². The van der Waals surface area contributed by atoms with Crippen molar-refractivity contribution >= 4 is 68.0 Å². The highest BCUT2D eigenvalue weighted by Crippen LogP contribution is 2.33. The van der Waals surface area contributed by atoms with E-state index in [1.54, 1.807) is 13.0 Å². The lowest BCUT2D eigenvalue weighted by molar-refractivity contribution is 0.0730. The molecule has 0 aromatic heterocycles. The molecule has 0 radical (unpaired) electrons. The quantitative estimate of drug-likeness (QED) is 0.652. The van der Waals surface area contributed by atoms with E-state index in [-0.39, 0.29) is 51.8 Å². The van der Waals surface area contributed by atoms with Crippen LogP contribution in [0.25, 0.3) is 0 Å². The third-order valence-corrected chi connectivity index (χ3v) is 7.89. The van der Waals surface area contributed by atoms with Gasteiger partial charge in [-0.2, -0.15) is 4.31 Å². The number of ether oxygens (including phenoxy) is 1. The average molecular weight is 498 g/mol. The van der Waals surface area contributed by atoms with Crippen LogP contribution in [0.2, 0.25) is 20.1 Å². The minimum atomic E-state index is -3.91. The number of halogens is 4. The highest BCUT2D eigenvalue weighted by molar-refractivity contribution is 7.89. The van der Waals surface area contributed by atoms with Crippen LogP contribution in [0.1, 0.15) is 15.9 Å². The van der Waals surface area contributed by atoms with Crippen molar-refractivity contribution in [1.29, 1.82) is 0 Å². The molecular formula is C18H16Cl4N2O4S. The lowest BCUT2D eigenvalue weighted by Crippen LogP contribution is -2.40. The lowest BCUT2D eigenvalue weighted by atomic mass is 10.2. The molecule has 0 saturated carbocycles. The zero-order chi connectivity index (χ0) is 21.3. The van der Waals surface area contributed by atoms with Gasteiger partial charge in [0.05, 0.1) is 38.9 Å². The largest absolute Gasteiger partial charge is 0.379 e. The molecule has 0 aliphatic carbocycles. The molecule has 1 aliphatic heterocycles. The second-order valence-electron chi connectivity index (χ2n) is 6.32. The summed E-state index contributed by atoms with van der Waals surface area (Å²) in [6.45, 7) is 2.71. The van der Waals surface area contributed by atoms with Crippen molar-refractivity contribution in [3.63, 3.8) is 0 Å². The third kappa shape index (κ3) is 4.82. The van der Waals surface area contributed by atoms with Crippen LogP contribution in [0.3, 0.4) is 0 Å². The summed E-state index contributed by atoms with van der Waals surface area (Å²) >= 11 is 24.4. The minimum Gasteiger partial charge on any atom is -0.379 e. The van der Waals surface area contributed by atoms with Gasteiger partial charge < -0.3 is 10.1 Å². The number of hydrogen-bond donors (Lipinski definition) is 1. The number of hydrogen-bond acceptors (Lipinski definition) is 4. The maximum absolute atomic E-state index is 13.0. The van der Waals surface area contributed by atoms with Gasteiger partial charge in [0.2, 0.25) is 10.0 Å². The highest BCUT2D eigenvalue weighted by atomic mass is 35.5. The molecule has 0 unspecified atom stereocenters. The third-order valence-electron chi connectivity index (χ3n) is 4.32. The minimum absolute atomic E-state index is 0.0187. The fourth-order valence-corrected chi connectivity index (χ4v) is 5.44. The van der Waals surface area contributed by atoms with Crippen molar-refractivity contribution in [2.24, 2.45) is 0 Å². The molecular weight excluding hydrogens is 482 g/mol. The van der Waals surface area contributed by atoms with Gasteiger partial charge in [0.15, 0.2) is 0 Å². The molecule has 1 amide bonds. The van der Waals surface area contributed by atoms with E-state index in [4.69, 9.17) is 51.1 Å². The Hall–Kier alpha value is -1.06. The first-order chi connectivity index (χ1) is 13.6. The van der Waals surface area contributed by atoms with Crippen LogP contribution < -0.4 is 5.32 Å². The second-order valence-corrected chi connectivity index (χ2v) is 9.83. The first kappa shape index (κ1) is 22.6. The van der Waals surface area contributed by atoms with Crippen LogP contribution in [0, 0.1) is 6.92 Å². The first-order valence-electron chi connectivity index (χ1n) is 8.45. The molecule has 0 atom stereocenters. The zero-order valence-electron chi connectivity index (χ0n) is 15.1. The molecule has 2 aromatic rings. The molecule has 29 heavy (non-hydrogen) atoms. The smallest absolute Gasteiger partial charge is 0.257 e. The number of nitrogens with zero attached hydrogens (tertiary/aromatic N) is 1. The highest BCUT2D eigenvalue weighted by Gasteiger charge is 2.30. The Morgan fingerprint density at radius 1 is 1.00 bits per heavy atom. The second kappa shape index (κ2) is 8.98. The van der Waals surface area contributed by atoms with Crippen molar-refractivity contribution in [3.8, 4) is 0 Å². The summed E-state index contributed by atoms with van der Waals surface area (Å²) in [6.07, 6.45) is 0.